The monoisotopic (exact) mass is 298 g/mol. The summed E-state index contributed by atoms with van der Waals surface area (Å²) < 4.78 is 55.5. The van der Waals surface area contributed by atoms with Gasteiger partial charge in [-0.25, -0.2) is 4.39 Å². The highest BCUT2D eigenvalue weighted by atomic mass is 19.4. The van der Waals surface area contributed by atoms with Crippen molar-refractivity contribution in [2.24, 2.45) is 0 Å². The van der Waals surface area contributed by atoms with Crippen LogP contribution in [0.5, 0.6) is 5.75 Å². The fraction of sp³-hybridized carbons (Fsp3) is 0.133. The Morgan fingerprint density at radius 3 is 2.05 bits per heavy atom. The number of rotatable bonds is 3. The molecule has 6 heteroatoms. The first-order valence-corrected chi connectivity index (χ1v) is 5.88. The predicted molar refractivity (Wildman–Crippen MR) is 67.8 cm³/mol. The van der Waals surface area contributed by atoms with Crippen LogP contribution < -0.4 is 4.74 Å². The fourth-order valence-corrected chi connectivity index (χ4v) is 1.78. The molecule has 2 nitrogen and oxygen atoms in total. The largest absolute Gasteiger partial charge is 0.494 e. The zero-order valence-corrected chi connectivity index (χ0v) is 10.9. The van der Waals surface area contributed by atoms with E-state index in [-0.39, 0.29) is 16.9 Å². The molecule has 0 heterocycles. The highest BCUT2D eigenvalue weighted by Crippen LogP contribution is 2.29. The normalized spacial score (nSPS) is 11.3. The Bertz CT molecular complexity index is 660. The summed E-state index contributed by atoms with van der Waals surface area (Å²) in [5, 5.41) is 0. The van der Waals surface area contributed by atoms with Crippen molar-refractivity contribution in [3.63, 3.8) is 0 Å². The minimum absolute atomic E-state index is 0.0148. The van der Waals surface area contributed by atoms with Crippen molar-refractivity contribution in [2.75, 3.05) is 7.11 Å². The third kappa shape index (κ3) is 3.21. The highest BCUT2D eigenvalue weighted by Gasteiger charge is 2.30. The van der Waals surface area contributed by atoms with Gasteiger partial charge >= 0.3 is 6.18 Å². The van der Waals surface area contributed by atoms with Crippen LogP contribution in [0.4, 0.5) is 17.6 Å². The van der Waals surface area contributed by atoms with E-state index in [2.05, 4.69) is 0 Å². The van der Waals surface area contributed by atoms with Gasteiger partial charge in [0.15, 0.2) is 17.3 Å². The predicted octanol–water partition coefficient (Wildman–Crippen LogP) is 4.08. The summed E-state index contributed by atoms with van der Waals surface area (Å²) in [5.41, 5.74) is -0.763. The smallest absolute Gasteiger partial charge is 0.416 e. The number of hydrogen-bond donors (Lipinski definition) is 0. The van der Waals surface area contributed by atoms with Crippen LogP contribution in [0.1, 0.15) is 21.5 Å². The minimum Gasteiger partial charge on any atom is -0.494 e. The molecular weight excluding hydrogens is 288 g/mol. The van der Waals surface area contributed by atoms with Crippen molar-refractivity contribution in [3.8, 4) is 5.75 Å². The van der Waals surface area contributed by atoms with Crippen molar-refractivity contribution in [1.82, 2.24) is 0 Å². The van der Waals surface area contributed by atoms with Gasteiger partial charge in [0.1, 0.15) is 0 Å². The lowest BCUT2D eigenvalue weighted by Crippen LogP contribution is -2.07. The fourth-order valence-electron chi connectivity index (χ4n) is 1.78. The SMILES string of the molecule is COc1ccc(C(=O)c2ccc(C(F)(F)F)cc2)cc1F. The number of alkyl halides is 3. The maximum absolute atomic E-state index is 13.5. The number of carbonyl (C=O) groups excluding carboxylic acids is 1. The first kappa shape index (κ1) is 15.0. The molecule has 2 aromatic carbocycles. The highest BCUT2D eigenvalue weighted by molar-refractivity contribution is 6.09. The van der Waals surface area contributed by atoms with E-state index in [1.807, 2.05) is 0 Å². The van der Waals surface area contributed by atoms with Crippen LogP contribution in [0.15, 0.2) is 42.5 Å². The third-order valence-electron chi connectivity index (χ3n) is 2.89. The molecule has 0 fully saturated rings. The summed E-state index contributed by atoms with van der Waals surface area (Å²) in [6, 6.07) is 7.37. The van der Waals surface area contributed by atoms with Crippen LogP contribution >= 0.6 is 0 Å². The van der Waals surface area contributed by atoms with Crippen LogP contribution in [0.2, 0.25) is 0 Å². The van der Waals surface area contributed by atoms with E-state index in [9.17, 15) is 22.4 Å². The Morgan fingerprint density at radius 2 is 1.57 bits per heavy atom. The molecule has 0 aliphatic heterocycles. The van der Waals surface area contributed by atoms with Crippen molar-refractivity contribution in [3.05, 3.63) is 65.0 Å². The third-order valence-corrected chi connectivity index (χ3v) is 2.89. The van der Waals surface area contributed by atoms with E-state index < -0.39 is 23.3 Å². The average Bonchev–Trinajstić information content (AvgIpc) is 2.45. The van der Waals surface area contributed by atoms with Crippen molar-refractivity contribution in [2.45, 2.75) is 6.18 Å². The summed E-state index contributed by atoms with van der Waals surface area (Å²) in [6.07, 6.45) is -4.46. The van der Waals surface area contributed by atoms with Crippen LogP contribution in [0.25, 0.3) is 0 Å². The van der Waals surface area contributed by atoms with E-state index in [0.29, 0.717) is 0 Å². The lowest BCUT2D eigenvalue weighted by molar-refractivity contribution is -0.137. The number of hydrogen-bond acceptors (Lipinski definition) is 2. The quantitative estimate of drug-likeness (QED) is 0.630. The molecule has 0 saturated heterocycles. The molecule has 0 aromatic heterocycles. The first-order valence-electron chi connectivity index (χ1n) is 5.88. The maximum atomic E-state index is 13.5. The molecule has 110 valence electrons. The van der Waals surface area contributed by atoms with Gasteiger partial charge in [-0.05, 0) is 30.3 Å². The van der Waals surface area contributed by atoms with E-state index in [1.54, 1.807) is 0 Å². The van der Waals surface area contributed by atoms with E-state index >= 15 is 0 Å². The number of methoxy groups -OCH3 is 1. The first-order chi connectivity index (χ1) is 9.82. The Kier molecular flexibility index (Phi) is 3.97. The lowest BCUT2D eigenvalue weighted by atomic mass is 10.0. The van der Waals surface area contributed by atoms with Crippen molar-refractivity contribution >= 4 is 5.78 Å². The Balaban J connectivity index is 2.30. The topological polar surface area (TPSA) is 26.3 Å². The molecule has 0 bridgehead atoms. The summed E-state index contributed by atoms with van der Waals surface area (Å²) in [6.45, 7) is 0. The van der Waals surface area contributed by atoms with Gasteiger partial charge in [-0.2, -0.15) is 13.2 Å². The number of carbonyl (C=O) groups is 1. The van der Waals surface area contributed by atoms with Crippen molar-refractivity contribution in [1.29, 1.82) is 0 Å². The molecule has 21 heavy (non-hydrogen) atoms. The zero-order chi connectivity index (χ0) is 15.6. The Hall–Kier alpha value is -2.37. The molecule has 2 aromatic rings. The second-order valence-corrected chi connectivity index (χ2v) is 4.25. The minimum atomic E-state index is -4.46. The van der Waals surface area contributed by atoms with E-state index in [0.717, 1.165) is 30.3 Å². The van der Waals surface area contributed by atoms with Gasteiger partial charge in [0.05, 0.1) is 12.7 Å². The molecule has 0 saturated carbocycles. The van der Waals surface area contributed by atoms with E-state index in [4.69, 9.17) is 4.74 Å². The zero-order valence-electron chi connectivity index (χ0n) is 10.9. The van der Waals surface area contributed by atoms with Gasteiger partial charge in [0.2, 0.25) is 0 Å². The molecule has 0 atom stereocenters. The summed E-state index contributed by atoms with van der Waals surface area (Å²) >= 11 is 0. The van der Waals surface area contributed by atoms with Crippen LogP contribution in [-0.2, 0) is 6.18 Å². The molecule has 0 aliphatic carbocycles. The molecule has 0 spiro atoms. The lowest BCUT2D eigenvalue weighted by Gasteiger charge is -2.08. The molecule has 2 rings (SSSR count). The molecular formula is C15H10F4O2. The average molecular weight is 298 g/mol. The molecule has 0 aliphatic rings. The molecule has 0 amide bonds. The molecule has 0 N–H and O–H groups in total. The molecule has 0 unspecified atom stereocenters. The molecule has 0 radical (unpaired) electrons. The standard InChI is InChI=1S/C15H10F4O2/c1-21-13-7-4-10(8-12(13)16)14(20)9-2-5-11(6-3-9)15(17,18)19/h2-8H,1H3. The Labute approximate surface area is 118 Å². The second kappa shape index (κ2) is 5.55. The van der Waals surface area contributed by atoms with Gasteiger partial charge in [-0.3, -0.25) is 4.79 Å². The van der Waals surface area contributed by atoms with Crippen LogP contribution in [-0.4, -0.2) is 12.9 Å². The number of ether oxygens (including phenoxy) is 1. The maximum Gasteiger partial charge on any atom is 0.416 e. The van der Waals surface area contributed by atoms with Crippen LogP contribution in [0.3, 0.4) is 0 Å². The van der Waals surface area contributed by atoms with Gasteiger partial charge in [-0.15, -0.1) is 0 Å². The summed E-state index contributed by atoms with van der Waals surface area (Å²) in [4.78, 5) is 12.1. The van der Waals surface area contributed by atoms with Gasteiger partial charge in [0.25, 0.3) is 0 Å². The number of ketones is 1. The summed E-state index contributed by atoms with van der Waals surface area (Å²) in [7, 11) is 1.29. The van der Waals surface area contributed by atoms with E-state index in [1.165, 1.54) is 19.2 Å². The Morgan fingerprint density at radius 1 is 1.00 bits per heavy atom. The second-order valence-electron chi connectivity index (χ2n) is 4.25. The van der Waals surface area contributed by atoms with Crippen LogP contribution in [0, 0.1) is 5.82 Å². The van der Waals surface area contributed by atoms with Gasteiger partial charge < -0.3 is 4.74 Å². The summed E-state index contributed by atoms with van der Waals surface area (Å²) in [5.74, 6) is -1.29. The number of halogens is 4. The van der Waals surface area contributed by atoms with Gasteiger partial charge in [0, 0.05) is 11.1 Å². The van der Waals surface area contributed by atoms with Gasteiger partial charge in [-0.1, -0.05) is 12.1 Å². The van der Waals surface area contributed by atoms with Crippen molar-refractivity contribution < 1.29 is 27.1 Å². The number of benzene rings is 2.